The molecular weight excluding hydrogens is 381 g/mol. The summed E-state index contributed by atoms with van der Waals surface area (Å²) in [5.41, 5.74) is 2.99. The highest BCUT2D eigenvalue weighted by Crippen LogP contribution is 2.37. The smallest absolute Gasteiger partial charge is 0.294 e. The van der Waals surface area contributed by atoms with Gasteiger partial charge in [0.1, 0.15) is 11.9 Å². The lowest BCUT2D eigenvalue weighted by atomic mass is 9.96. The molecule has 1 fully saturated rings. The van der Waals surface area contributed by atoms with Crippen molar-refractivity contribution in [2.45, 2.75) is 38.1 Å². The summed E-state index contributed by atoms with van der Waals surface area (Å²) in [4.78, 5) is 0. The SMILES string of the molecule is C=C1C[C@H](Oc2nnc(-c3ccc(-c4cn[nH]c4)cc3O)s2)C(F)C(CC)N1. The number of hydrogen-bond acceptors (Lipinski definition) is 7. The number of aromatic amines is 1. The maximum absolute atomic E-state index is 14.6. The molecular formula is C19H20FN5O2S. The van der Waals surface area contributed by atoms with Gasteiger partial charge in [0.25, 0.3) is 5.19 Å². The first-order chi connectivity index (χ1) is 13.5. The van der Waals surface area contributed by atoms with Crippen molar-refractivity contribution in [1.82, 2.24) is 25.7 Å². The number of phenolic OH excluding ortho intramolecular Hbond substituents is 1. The molecule has 1 aromatic carbocycles. The maximum Gasteiger partial charge on any atom is 0.294 e. The molecule has 0 amide bonds. The van der Waals surface area contributed by atoms with E-state index in [-0.39, 0.29) is 17.0 Å². The van der Waals surface area contributed by atoms with Crippen molar-refractivity contribution in [1.29, 1.82) is 0 Å². The Morgan fingerprint density at radius 2 is 2.21 bits per heavy atom. The number of piperidine rings is 1. The van der Waals surface area contributed by atoms with Crippen LogP contribution in [0.1, 0.15) is 19.8 Å². The van der Waals surface area contributed by atoms with E-state index in [1.807, 2.05) is 13.0 Å². The zero-order valence-corrected chi connectivity index (χ0v) is 16.0. The van der Waals surface area contributed by atoms with E-state index < -0.39 is 12.3 Å². The lowest BCUT2D eigenvalue weighted by molar-refractivity contribution is 0.0550. The largest absolute Gasteiger partial charge is 0.507 e. The Bertz CT molecular complexity index is 975. The van der Waals surface area contributed by atoms with Crippen LogP contribution in [0.2, 0.25) is 0 Å². The summed E-state index contributed by atoms with van der Waals surface area (Å²) < 4.78 is 20.4. The number of halogens is 1. The molecule has 1 aliphatic heterocycles. The maximum atomic E-state index is 14.6. The molecule has 0 spiro atoms. The predicted molar refractivity (Wildman–Crippen MR) is 105 cm³/mol. The highest BCUT2D eigenvalue weighted by Gasteiger charge is 2.36. The highest BCUT2D eigenvalue weighted by atomic mass is 32.1. The van der Waals surface area contributed by atoms with Crippen LogP contribution in [0.4, 0.5) is 4.39 Å². The average molecular weight is 401 g/mol. The van der Waals surface area contributed by atoms with E-state index in [0.717, 1.165) is 16.8 Å². The van der Waals surface area contributed by atoms with Gasteiger partial charge in [-0.3, -0.25) is 5.10 Å². The molecule has 28 heavy (non-hydrogen) atoms. The first-order valence-corrected chi connectivity index (χ1v) is 9.78. The summed E-state index contributed by atoms with van der Waals surface area (Å²) in [5, 5.41) is 29.0. The number of benzene rings is 1. The lowest BCUT2D eigenvalue weighted by Crippen LogP contribution is -2.50. The fourth-order valence-electron chi connectivity index (χ4n) is 3.25. The van der Waals surface area contributed by atoms with Crippen molar-refractivity contribution in [2.75, 3.05) is 0 Å². The summed E-state index contributed by atoms with van der Waals surface area (Å²) in [7, 11) is 0. The van der Waals surface area contributed by atoms with E-state index in [2.05, 4.69) is 32.3 Å². The Morgan fingerprint density at radius 1 is 1.36 bits per heavy atom. The molecule has 4 rings (SSSR count). The van der Waals surface area contributed by atoms with E-state index in [1.165, 1.54) is 11.3 Å². The Balaban J connectivity index is 1.52. The number of hydrogen-bond donors (Lipinski definition) is 3. The first kappa shape index (κ1) is 18.4. The second-order valence-corrected chi connectivity index (χ2v) is 7.60. The van der Waals surface area contributed by atoms with Crippen LogP contribution < -0.4 is 10.1 Å². The lowest BCUT2D eigenvalue weighted by Gasteiger charge is -2.34. The van der Waals surface area contributed by atoms with Gasteiger partial charge in [0.2, 0.25) is 0 Å². The molecule has 1 aliphatic rings. The minimum Gasteiger partial charge on any atom is -0.507 e. The van der Waals surface area contributed by atoms with Crippen molar-refractivity contribution in [3.63, 3.8) is 0 Å². The molecule has 7 nitrogen and oxygen atoms in total. The number of H-pyrrole nitrogens is 1. The van der Waals surface area contributed by atoms with Crippen molar-refractivity contribution in [3.05, 3.63) is 42.9 Å². The molecule has 9 heteroatoms. The highest BCUT2D eigenvalue weighted by molar-refractivity contribution is 7.16. The standard InChI is InChI=1S/C19H20FN5O2S/c1-3-14-17(20)16(6-10(2)23-14)27-19-25-24-18(28-19)13-5-4-11(7-15(13)26)12-8-21-22-9-12/h4-5,7-9,14,16-17,23,26H,2-3,6H2,1H3,(H,21,22)/t14?,16-,17?/m0/s1. The molecule has 146 valence electrons. The molecule has 0 aliphatic carbocycles. The van der Waals surface area contributed by atoms with Gasteiger partial charge in [-0.2, -0.15) is 5.10 Å². The third-order valence-corrected chi connectivity index (χ3v) is 5.58. The number of nitrogens with zero attached hydrogens (tertiary/aromatic N) is 3. The van der Waals surface area contributed by atoms with Crippen molar-refractivity contribution in [2.24, 2.45) is 0 Å². The minimum atomic E-state index is -1.16. The van der Waals surface area contributed by atoms with E-state index in [1.54, 1.807) is 24.5 Å². The van der Waals surface area contributed by atoms with Crippen molar-refractivity contribution in [3.8, 4) is 32.6 Å². The number of aromatic nitrogens is 4. The van der Waals surface area contributed by atoms with Crippen LogP contribution >= 0.6 is 11.3 Å². The first-order valence-electron chi connectivity index (χ1n) is 8.96. The van der Waals surface area contributed by atoms with Gasteiger partial charge < -0.3 is 15.2 Å². The van der Waals surface area contributed by atoms with Crippen LogP contribution in [0.25, 0.3) is 21.7 Å². The molecule has 0 bridgehead atoms. The Labute approximate surface area is 165 Å². The number of rotatable bonds is 5. The monoisotopic (exact) mass is 401 g/mol. The number of ether oxygens (including phenoxy) is 1. The second kappa shape index (κ2) is 7.59. The Kier molecular flexibility index (Phi) is 4.99. The van der Waals surface area contributed by atoms with Gasteiger partial charge in [0.05, 0.1) is 17.8 Å². The van der Waals surface area contributed by atoms with Gasteiger partial charge in [0, 0.05) is 23.9 Å². The zero-order chi connectivity index (χ0) is 19.7. The van der Waals surface area contributed by atoms with Crippen LogP contribution in [-0.2, 0) is 0 Å². The number of alkyl halides is 1. The summed E-state index contributed by atoms with van der Waals surface area (Å²) in [6, 6.07) is 4.95. The van der Waals surface area contributed by atoms with Crippen LogP contribution in [0.15, 0.2) is 42.9 Å². The molecule has 3 aromatic rings. The summed E-state index contributed by atoms with van der Waals surface area (Å²) in [5.74, 6) is 0.0751. The Morgan fingerprint density at radius 3 is 2.93 bits per heavy atom. The number of phenols is 1. The van der Waals surface area contributed by atoms with Gasteiger partial charge in [-0.25, -0.2) is 4.39 Å². The van der Waals surface area contributed by atoms with E-state index >= 15 is 0 Å². The molecule has 2 aromatic heterocycles. The molecule has 3 N–H and O–H groups in total. The van der Waals surface area contributed by atoms with Crippen LogP contribution in [0.3, 0.4) is 0 Å². The summed E-state index contributed by atoms with van der Waals surface area (Å²) >= 11 is 1.17. The number of nitrogens with one attached hydrogen (secondary N) is 2. The van der Waals surface area contributed by atoms with Crippen LogP contribution in [0, 0.1) is 0 Å². The van der Waals surface area contributed by atoms with E-state index in [9.17, 15) is 9.50 Å². The minimum absolute atomic E-state index is 0.0751. The molecule has 3 heterocycles. The van der Waals surface area contributed by atoms with E-state index in [4.69, 9.17) is 4.74 Å². The zero-order valence-electron chi connectivity index (χ0n) is 15.2. The topological polar surface area (TPSA) is 96.0 Å². The van der Waals surface area contributed by atoms with Crippen molar-refractivity contribution < 1.29 is 14.2 Å². The third kappa shape index (κ3) is 3.57. The normalized spacial score (nSPS) is 22.1. The molecule has 2 unspecified atom stereocenters. The quantitative estimate of drug-likeness (QED) is 0.604. The van der Waals surface area contributed by atoms with Gasteiger partial charge in [-0.15, -0.1) is 5.10 Å². The fraction of sp³-hybridized carbons (Fsp3) is 0.316. The van der Waals surface area contributed by atoms with Crippen LogP contribution in [-0.4, -0.2) is 43.8 Å². The van der Waals surface area contributed by atoms with E-state index in [0.29, 0.717) is 23.4 Å². The molecule has 0 saturated carbocycles. The fourth-order valence-corrected chi connectivity index (χ4v) is 4.03. The van der Waals surface area contributed by atoms with Crippen LogP contribution in [0.5, 0.6) is 10.9 Å². The van der Waals surface area contributed by atoms with Gasteiger partial charge in [-0.05, 0) is 24.1 Å². The van der Waals surface area contributed by atoms with Gasteiger partial charge in [-0.1, -0.05) is 36.0 Å². The second-order valence-electron chi connectivity index (χ2n) is 6.66. The Hall–Kier alpha value is -2.94. The molecule has 1 saturated heterocycles. The van der Waals surface area contributed by atoms with Gasteiger partial charge in [0.15, 0.2) is 11.2 Å². The third-order valence-electron chi connectivity index (χ3n) is 4.73. The summed E-state index contributed by atoms with van der Waals surface area (Å²) in [6.07, 6.45) is 2.61. The summed E-state index contributed by atoms with van der Waals surface area (Å²) in [6.45, 7) is 5.82. The average Bonchev–Trinajstić information content (AvgIpc) is 3.36. The van der Waals surface area contributed by atoms with Crippen molar-refractivity contribution >= 4 is 11.3 Å². The predicted octanol–water partition coefficient (Wildman–Crippen LogP) is 3.67. The molecule has 0 radical (unpaired) electrons. The number of aromatic hydroxyl groups is 1. The molecule has 3 atom stereocenters. The van der Waals surface area contributed by atoms with Gasteiger partial charge >= 0.3 is 0 Å².